The van der Waals surface area contributed by atoms with Crippen molar-refractivity contribution in [1.29, 1.82) is 0 Å². The SMILES string of the molecule is Cc1cc(C)cc(C(C)NC(=O)c2csc(CCN)n2)c1. The summed E-state index contributed by atoms with van der Waals surface area (Å²) < 4.78 is 0. The lowest BCUT2D eigenvalue weighted by atomic mass is 10.0. The topological polar surface area (TPSA) is 68.0 Å². The Morgan fingerprint density at radius 3 is 2.62 bits per heavy atom. The van der Waals surface area contributed by atoms with Crippen molar-refractivity contribution in [3.63, 3.8) is 0 Å². The summed E-state index contributed by atoms with van der Waals surface area (Å²) in [5, 5.41) is 5.69. The summed E-state index contributed by atoms with van der Waals surface area (Å²) >= 11 is 1.48. The van der Waals surface area contributed by atoms with E-state index in [-0.39, 0.29) is 11.9 Å². The summed E-state index contributed by atoms with van der Waals surface area (Å²) in [4.78, 5) is 16.5. The van der Waals surface area contributed by atoms with E-state index in [1.54, 1.807) is 5.38 Å². The maximum atomic E-state index is 12.2. The predicted octanol–water partition coefficient (Wildman–Crippen LogP) is 2.75. The second-order valence-electron chi connectivity index (χ2n) is 5.28. The predicted molar refractivity (Wildman–Crippen MR) is 86.7 cm³/mol. The molecule has 21 heavy (non-hydrogen) atoms. The third-order valence-corrected chi connectivity index (χ3v) is 4.14. The molecule has 1 aromatic carbocycles. The van der Waals surface area contributed by atoms with Crippen LogP contribution in [-0.2, 0) is 6.42 Å². The smallest absolute Gasteiger partial charge is 0.271 e. The molecular weight excluding hydrogens is 282 g/mol. The molecule has 2 aromatic rings. The molecule has 0 fully saturated rings. The molecule has 5 heteroatoms. The minimum absolute atomic E-state index is 0.0456. The lowest BCUT2D eigenvalue weighted by Crippen LogP contribution is -2.27. The first-order valence-electron chi connectivity index (χ1n) is 7.03. The molecule has 2 rings (SSSR count). The Bertz CT molecular complexity index is 616. The van der Waals surface area contributed by atoms with Gasteiger partial charge in [-0.2, -0.15) is 0 Å². The van der Waals surface area contributed by atoms with Crippen LogP contribution in [0.1, 0.15) is 45.2 Å². The zero-order chi connectivity index (χ0) is 15.4. The van der Waals surface area contributed by atoms with Crippen LogP contribution in [0, 0.1) is 13.8 Å². The summed E-state index contributed by atoms with van der Waals surface area (Å²) in [5.41, 5.74) is 9.48. The molecule has 0 aliphatic heterocycles. The Labute approximate surface area is 129 Å². The lowest BCUT2D eigenvalue weighted by Gasteiger charge is -2.15. The maximum absolute atomic E-state index is 12.2. The van der Waals surface area contributed by atoms with Gasteiger partial charge in [-0.15, -0.1) is 11.3 Å². The minimum atomic E-state index is -0.138. The van der Waals surface area contributed by atoms with Crippen LogP contribution in [0.3, 0.4) is 0 Å². The summed E-state index contributed by atoms with van der Waals surface area (Å²) in [5.74, 6) is -0.138. The van der Waals surface area contributed by atoms with Crippen LogP contribution < -0.4 is 11.1 Å². The molecule has 0 aliphatic carbocycles. The van der Waals surface area contributed by atoms with Crippen LogP contribution in [0.2, 0.25) is 0 Å². The second-order valence-corrected chi connectivity index (χ2v) is 6.22. The fourth-order valence-corrected chi connectivity index (χ4v) is 3.06. The van der Waals surface area contributed by atoms with Crippen molar-refractivity contribution < 1.29 is 4.79 Å². The Hall–Kier alpha value is -1.72. The summed E-state index contributed by atoms with van der Waals surface area (Å²) in [6, 6.07) is 6.27. The number of thiazole rings is 1. The molecule has 1 heterocycles. The normalized spacial score (nSPS) is 12.2. The first-order valence-corrected chi connectivity index (χ1v) is 7.91. The number of hydrogen-bond acceptors (Lipinski definition) is 4. The van der Waals surface area contributed by atoms with Gasteiger partial charge in [0.2, 0.25) is 0 Å². The van der Waals surface area contributed by atoms with E-state index < -0.39 is 0 Å². The second kappa shape index (κ2) is 6.83. The van der Waals surface area contributed by atoms with E-state index in [0.717, 1.165) is 10.6 Å². The molecule has 0 bridgehead atoms. The number of rotatable bonds is 5. The summed E-state index contributed by atoms with van der Waals surface area (Å²) in [6.07, 6.45) is 0.713. The molecule has 0 spiro atoms. The monoisotopic (exact) mass is 303 g/mol. The summed E-state index contributed by atoms with van der Waals surface area (Å²) in [7, 11) is 0. The van der Waals surface area contributed by atoms with Gasteiger partial charge in [-0.05, 0) is 32.9 Å². The van der Waals surface area contributed by atoms with Gasteiger partial charge in [0.15, 0.2) is 0 Å². The number of aryl methyl sites for hydroxylation is 2. The number of benzene rings is 1. The highest BCUT2D eigenvalue weighted by molar-refractivity contribution is 7.09. The van der Waals surface area contributed by atoms with Crippen LogP contribution in [0.15, 0.2) is 23.6 Å². The van der Waals surface area contributed by atoms with Gasteiger partial charge in [0.25, 0.3) is 5.91 Å². The van der Waals surface area contributed by atoms with Gasteiger partial charge < -0.3 is 11.1 Å². The van der Waals surface area contributed by atoms with Crippen LogP contribution in [0.25, 0.3) is 0 Å². The van der Waals surface area contributed by atoms with Gasteiger partial charge in [-0.25, -0.2) is 4.98 Å². The molecule has 112 valence electrons. The fourth-order valence-electron chi connectivity index (χ4n) is 2.27. The van der Waals surface area contributed by atoms with Crippen LogP contribution >= 0.6 is 11.3 Å². The van der Waals surface area contributed by atoms with Gasteiger partial charge >= 0.3 is 0 Å². The largest absolute Gasteiger partial charge is 0.344 e. The minimum Gasteiger partial charge on any atom is -0.344 e. The highest BCUT2D eigenvalue weighted by Gasteiger charge is 2.14. The number of aromatic nitrogens is 1. The van der Waals surface area contributed by atoms with Crippen molar-refractivity contribution in [3.8, 4) is 0 Å². The van der Waals surface area contributed by atoms with Crippen LogP contribution in [0.5, 0.6) is 0 Å². The number of nitrogens with one attached hydrogen (secondary N) is 1. The number of carbonyl (C=O) groups excluding carboxylic acids is 1. The number of carbonyl (C=O) groups is 1. The summed E-state index contributed by atoms with van der Waals surface area (Å²) in [6.45, 7) is 6.65. The molecule has 0 radical (unpaired) electrons. The maximum Gasteiger partial charge on any atom is 0.271 e. The highest BCUT2D eigenvalue weighted by atomic mass is 32.1. The van der Waals surface area contributed by atoms with E-state index in [9.17, 15) is 4.79 Å². The van der Waals surface area contributed by atoms with Crippen molar-refractivity contribution in [1.82, 2.24) is 10.3 Å². The number of hydrogen-bond donors (Lipinski definition) is 2. The average molecular weight is 303 g/mol. The first-order chi connectivity index (χ1) is 9.99. The van der Waals surface area contributed by atoms with Crippen molar-refractivity contribution in [2.45, 2.75) is 33.2 Å². The third kappa shape index (κ3) is 4.12. The molecule has 1 unspecified atom stereocenters. The molecule has 0 saturated heterocycles. The standard InChI is InChI=1S/C16H21N3OS/c1-10-6-11(2)8-13(7-10)12(3)18-16(20)14-9-21-15(19-14)4-5-17/h6-9,12H,4-5,17H2,1-3H3,(H,18,20). The molecule has 1 aromatic heterocycles. The molecule has 0 aliphatic rings. The molecule has 3 N–H and O–H groups in total. The third-order valence-electron chi connectivity index (χ3n) is 3.23. The lowest BCUT2D eigenvalue weighted by molar-refractivity contribution is 0.0935. The van der Waals surface area contributed by atoms with Crippen molar-refractivity contribution in [2.24, 2.45) is 5.73 Å². The zero-order valence-electron chi connectivity index (χ0n) is 12.6. The fraction of sp³-hybridized carbons (Fsp3) is 0.375. The van der Waals surface area contributed by atoms with Crippen molar-refractivity contribution in [3.05, 3.63) is 51.0 Å². The molecule has 1 amide bonds. The number of nitrogens with zero attached hydrogens (tertiary/aromatic N) is 1. The van der Waals surface area contributed by atoms with Crippen molar-refractivity contribution in [2.75, 3.05) is 6.54 Å². The molecular formula is C16H21N3OS. The van der Waals surface area contributed by atoms with Gasteiger partial charge in [-0.3, -0.25) is 4.79 Å². The number of nitrogens with two attached hydrogens (primary N) is 1. The van der Waals surface area contributed by atoms with Crippen molar-refractivity contribution >= 4 is 17.2 Å². The van der Waals surface area contributed by atoms with Gasteiger partial charge in [0.05, 0.1) is 11.0 Å². The van der Waals surface area contributed by atoms with Crippen LogP contribution in [0.4, 0.5) is 0 Å². The van der Waals surface area contributed by atoms with Gasteiger partial charge in [-0.1, -0.05) is 29.3 Å². The molecule has 1 atom stereocenters. The highest BCUT2D eigenvalue weighted by Crippen LogP contribution is 2.18. The van der Waals surface area contributed by atoms with Gasteiger partial charge in [0.1, 0.15) is 5.69 Å². The van der Waals surface area contributed by atoms with E-state index in [4.69, 9.17) is 5.73 Å². The quantitative estimate of drug-likeness (QED) is 0.892. The number of amides is 1. The molecule has 4 nitrogen and oxygen atoms in total. The Morgan fingerprint density at radius 2 is 2.00 bits per heavy atom. The Kier molecular flexibility index (Phi) is 5.09. The van der Waals surface area contributed by atoms with E-state index in [0.29, 0.717) is 18.7 Å². The van der Waals surface area contributed by atoms with E-state index in [2.05, 4.69) is 42.3 Å². The van der Waals surface area contributed by atoms with E-state index in [1.165, 1.54) is 22.5 Å². The van der Waals surface area contributed by atoms with Gasteiger partial charge in [0, 0.05) is 11.8 Å². The van der Waals surface area contributed by atoms with Crippen LogP contribution in [-0.4, -0.2) is 17.4 Å². The Morgan fingerprint density at radius 1 is 1.33 bits per heavy atom. The van der Waals surface area contributed by atoms with E-state index in [1.807, 2.05) is 6.92 Å². The van der Waals surface area contributed by atoms with E-state index >= 15 is 0 Å². The first kappa shape index (κ1) is 15.7. The molecule has 0 saturated carbocycles. The Balaban J connectivity index is 2.07. The average Bonchev–Trinajstić information content (AvgIpc) is 2.86. The zero-order valence-corrected chi connectivity index (χ0v) is 13.5.